The van der Waals surface area contributed by atoms with Crippen molar-refractivity contribution in [2.24, 2.45) is 0 Å². The Morgan fingerprint density at radius 2 is 1.54 bits per heavy atom. The number of halogens is 1. The van der Waals surface area contributed by atoms with Crippen molar-refractivity contribution in [1.82, 2.24) is 30.0 Å². The molecule has 6 aromatic rings. The molecule has 0 spiro atoms. The molecule has 202 valence electrons. The first kappa shape index (κ1) is 26.5. The first-order valence-corrected chi connectivity index (χ1v) is 14.6. The average molecular weight is 579 g/mol. The Kier molecular flexibility index (Phi) is 7.92. The normalized spacial score (nSPS) is 11.1. The number of amides is 1. The Balaban J connectivity index is 1.22. The van der Waals surface area contributed by atoms with Gasteiger partial charge in [0, 0.05) is 23.3 Å². The van der Waals surface area contributed by atoms with Gasteiger partial charge < -0.3 is 5.32 Å². The van der Waals surface area contributed by atoms with Gasteiger partial charge in [-0.25, -0.2) is 9.37 Å². The summed E-state index contributed by atoms with van der Waals surface area (Å²) < 4.78 is 16.6. The van der Waals surface area contributed by atoms with E-state index in [-0.39, 0.29) is 17.8 Å². The molecule has 7 nitrogen and oxygen atoms in total. The number of nitrogens with zero attached hydrogens (tertiary/aromatic N) is 5. The molecule has 3 aromatic carbocycles. The monoisotopic (exact) mass is 578 g/mol. The molecule has 0 aliphatic carbocycles. The van der Waals surface area contributed by atoms with E-state index < -0.39 is 0 Å². The van der Waals surface area contributed by atoms with Crippen LogP contribution in [0.15, 0.2) is 120 Å². The molecule has 1 amide bonds. The molecule has 3 heterocycles. The largest absolute Gasteiger partial charge is 0.340 e. The number of thioether (sulfide) groups is 1. The summed E-state index contributed by atoms with van der Waals surface area (Å²) in [5, 5.41) is 14.9. The third-order valence-corrected chi connectivity index (χ3v) is 8.29. The molecule has 0 fully saturated rings. The van der Waals surface area contributed by atoms with Crippen LogP contribution < -0.4 is 5.32 Å². The molecule has 0 saturated carbocycles. The van der Waals surface area contributed by atoms with Crippen LogP contribution in [0.3, 0.4) is 0 Å². The Labute approximate surface area is 244 Å². The van der Waals surface area contributed by atoms with Crippen LogP contribution in [0, 0.1) is 5.82 Å². The fourth-order valence-electron chi connectivity index (χ4n) is 4.36. The smallest absolute Gasteiger partial charge is 0.271 e. The minimum Gasteiger partial charge on any atom is -0.340 e. The van der Waals surface area contributed by atoms with Crippen molar-refractivity contribution < 1.29 is 9.18 Å². The number of aromatic nitrogens is 5. The fraction of sp³-hybridized carbons (Fsp3) is 0.0645. The predicted octanol–water partition coefficient (Wildman–Crippen LogP) is 6.74. The first-order chi connectivity index (χ1) is 20.2. The molecule has 0 aliphatic rings. The summed E-state index contributed by atoms with van der Waals surface area (Å²) in [5.74, 6) is 0.294. The Hall–Kier alpha value is -4.67. The van der Waals surface area contributed by atoms with E-state index in [0.29, 0.717) is 28.1 Å². The molecule has 0 atom stereocenters. The Morgan fingerprint density at radius 1 is 0.878 bits per heavy atom. The van der Waals surface area contributed by atoms with Crippen LogP contribution in [0.5, 0.6) is 0 Å². The summed E-state index contributed by atoms with van der Waals surface area (Å²) in [4.78, 5) is 21.9. The number of para-hydroxylation sites is 1. The maximum absolute atomic E-state index is 14.9. The summed E-state index contributed by atoms with van der Waals surface area (Å²) in [5.41, 5.74) is 3.42. The minimum absolute atomic E-state index is 0.260. The molecular weight excluding hydrogens is 556 g/mol. The van der Waals surface area contributed by atoms with Gasteiger partial charge in [-0.05, 0) is 35.4 Å². The van der Waals surface area contributed by atoms with Crippen LogP contribution in [0.2, 0.25) is 0 Å². The maximum atomic E-state index is 14.9. The molecule has 3 aromatic heterocycles. The van der Waals surface area contributed by atoms with E-state index in [1.54, 1.807) is 52.7 Å². The first-order valence-electron chi connectivity index (χ1n) is 12.8. The molecular formula is C31H23FN6OS2. The van der Waals surface area contributed by atoms with Crippen molar-refractivity contribution in [3.05, 3.63) is 142 Å². The summed E-state index contributed by atoms with van der Waals surface area (Å²) >= 11 is 2.77. The molecule has 0 unspecified atom stereocenters. The highest BCUT2D eigenvalue weighted by molar-refractivity contribution is 7.98. The average Bonchev–Trinajstić information content (AvgIpc) is 3.68. The SMILES string of the molecule is O=C(NC(c1ccccc1)c1ccccc1)c1csc(CSc2nnc(-c3ccncc3)n2-c2ccccc2F)n1. The van der Waals surface area contributed by atoms with Crippen LogP contribution in [-0.4, -0.2) is 30.6 Å². The van der Waals surface area contributed by atoms with Gasteiger partial charge in [0.2, 0.25) is 0 Å². The van der Waals surface area contributed by atoms with Crippen LogP contribution in [0.1, 0.15) is 32.7 Å². The van der Waals surface area contributed by atoms with Gasteiger partial charge in [0.25, 0.3) is 5.91 Å². The number of nitrogens with one attached hydrogen (secondary N) is 1. The summed E-state index contributed by atoms with van der Waals surface area (Å²) in [6.45, 7) is 0. The topological polar surface area (TPSA) is 85.6 Å². The molecule has 41 heavy (non-hydrogen) atoms. The van der Waals surface area contributed by atoms with Gasteiger partial charge in [-0.15, -0.1) is 21.5 Å². The third-order valence-electron chi connectivity index (χ3n) is 6.32. The predicted molar refractivity (Wildman–Crippen MR) is 158 cm³/mol. The molecule has 0 radical (unpaired) electrons. The number of carbonyl (C=O) groups excluding carboxylic acids is 1. The van der Waals surface area contributed by atoms with Crippen LogP contribution in [0.25, 0.3) is 17.1 Å². The lowest BCUT2D eigenvalue weighted by Gasteiger charge is -2.19. The lowest BCUT2D eigenvalue weighted by atomic mass is 9.98. The molecule has 6 rings (SSSR count). The van der Waals surface area contributed by atoms with Gasteiger partial charge in [-0.2, -0.15) is 0 Å². The molecule has 0 bridgehead atoms. The van der Waals surface area contributed by atoms with Gasteiger partial charge in [0.15, 0.2) is 11.0 Å². The van der Waals surface area contributed by atoms with Crippen molar-refractivity contribution in [1.29, 1.82) is 0 Å². The number of thiazole rings is 1. The highest BCUT2D eigenvalue weighted by Crippen LogP contribution is 2.31. The molecule has 0 saturated heterocycles. The zero-order valence-electron chi connectivity index (χ0n) is 21.6. The number of carbonyl (C=O) groups is 1. The van der Waals surface area contributed by atoms with Crippen molar-refractivity contribution in [3.63, 3.8) is 0 Å². The fourth-order valence-corrected chi connectivity index (χ4v) is 6.10. The summed E-state index contributed by atoms with van der Waals surface area (Å²) in [6, 6.07) is 29.5. The van der Waals surface area contributed by atoms with Gasteiger partial charge in [0.05, 0.1) is 17.5 Å². The van der Waals surface area contributed by atoms with Crippen LogP contribution >= 0.6 is 23.1 Å². The van der Waals surface area contributed by atoms with E-state index in [2.05, 4.69) is 25.5 Å². The zero-order chi connectivity index (χ0) is 28.0. The standard InChI is InChI=1S/C31H23FN6OS2/c32-24-13-7-8-14-26(24)38-29(23-15-17-33-18-16-23)36-37-31(38)41-20-27-34-25(19-40-27)30(39)35-28(21-9-3-1-4-10-21)22-11-5-2-6-12-22/h1-19,28H,20H2,(H,35,39). The third kappa shape index (κ3) is 5.93. The van der Waals surface area contributed by atoms with E-state index in [4.69, 9.17) is 0 Å². The summed E-state index contributed by atoms with van der Waals surface area (Å²) in [7, 11) is 0. The zero-order valence-corrected chi connectivity index (χ0v) is 23.2. The van der Waals surface area contributed by atoms with Crippen LogP contribution in [-0.2, 0) is 5.75 Å². The minimum atomic E-state index is -0.385. The van der Waals surface area contributed by atoms with Crippen molar-refractivity contribution >= 4 is 29.0 Å². The van der Waals surface area contributed by atoms with E-state index in [9.17, 15) is 9.18 Å². The lowest BCUT2D eigenvalue weighted by molar-refractivity contribution is 0.0938. The number of hydrogen-bond donors (Lipinski definition) is 1. The number of pyridine rings is 1. The Morgan fingerprint density at radius 3 is 2.22 bits per heavy atom. The lowest BCUT2D eigenvalue weighted by Crippen LogP contribution is -2.29. The van der Waals surface area contributed by atoms with Crippen molar-refractivity contribution in [2.75, 3.05) is 0 Å². The number of rotatable bonds is 9. The van der Waals surface area contributed by atoms with E-state index >= 15 is 0 Å². The van der Waals surface area contributed by atoms with E-state index in [1.807, 2.05) is 60.7 Å². The van der Waals surface area contributed by atoms with Crippen LogP contribution in [0.4, 0.5) is 4.39 Å². The second-order valence-corrected chi connectivity index (χ2v) is 10.9. The van der Waals surface area contributed by atoms with E-state index in [1.165, 1.54) is 29.2 Å². The summed E-state index contributed by atoms with van der Waals surface area (Å²) in [6.07, 6.45) is 3.32. The van der Waals surface area contributed by atoms with Crippen molar-refractivity contribution in [3.8, 4) is 17.1 Å². The molecule has 10 heteroatoms. The quantitative estimate of drug-likeness (QED) is 0.191. The molecule has 0 aliphatic heterocycles. The van der Waals surface area contributed by atoms with Gasteiger partial charge in [-0.3, -0.25) is 14.3 Å². The number of benzene rings is 3. The Bertz CT molecular complexity index is 1720. The highest BCUT2D eigenvalue weighted by atomic mass is 32.2. The van der Waals surface area contributed by atoms with E-state index in [0.717, 1.165) is 21.7 Å². The molecule has 1 N–H and O–H groups in total. The van der Waals surface area contributed by atoms with Gasteiger partial charge in [-0.1, -0.05) is 84.6 Å². The number of hydrogen-bond acceptors (Lipinski definition) is 7. The second-order valence-electron chi connectivity index (χ2n) is 8.97. The van der Waals surface area contributed by atoms with Crippen molar-refractivity contribution in [2.45, 2.75) is 17.0 Å². The second kappa shape index (κ2) is 12.2. The van der Waals surface area contributed by atoms with Gasteiger partial charge in [0.1, 0.15) is 16.5 Å². The highest BCUT2D eigenvalue weighted by Gasteiger charge is 2.21. The maximum Gasteiger partial charge on any atom is 0.271 e. The van der Waals surface area contributed by atoms with Gasteiger partial charge >= 0.3 is 0 Å².